The summed E-state index contributed by atoms with van der Waals surface area (Å²) in [7, 11) is 0. The van der Waals surface area contributed by atoms with E-state index in [9.17, 15) is 51.1 Å². The van der Waals surface area contributed by atoms with E-state index in [0.29, 0.717) is 147 Å². The molecule has 0 aromatic carbocycles. The number of aliphatic hydroxyl groups is 10. The van der Waals surface area contributed by atoms with Crippen molar-refractivity contribution in [1.82, 2.24) is 97.6 Å². The van der Waals surface area contributed by atoms with Gasteiger partial charge in [0, 0.05) is 19.3 Å². The van der Waals surface area contributed by atoms with Gasteiger partial charge in [-0.15, -0.1) is 65.9 Å². The van der Waals surface area contributed by atoms with Crippen LogP contribution in [-0.4, -0.2) is 369 Å². The van der Waals surface area contributed by atoms with Crippen LogP contribution in [0.25, 0.3) is 55.8 Å². The molecule has 40 nitrogen and oxygen atoms in total. The van der Waals surface area contributed by atoms with Crippen LogP contribution in [0.1, 0.15) is 132 Å². The summed E-state index contributed by atoms with van der Waals surface area (Å²) in [5.41, 5.74) is 34.6. The Balaban J connectivity index is 0.000000153. The number of hydrogen-bond acceptors (Lipinski definition) is 35. The molecule has 126 heavy (non-hydrogen) atoms. The van der Waals surface area contributed by atoms with E-state index in [0.717, 1.165) is 56.5 Å². The summed E-state index contributed by atoms with van der Waals surface area (Å²) in [6, 6.07) is 0. The SMILES string of the molecule is C=P(C)(C)CC[C@H]1O[C@@H](n2cnc3c(N)nc(C)nc32)[C@H](O)[C@@H]1O.C=P(C)(C)CC[C@H]1O[C@@H](n2cnc3c(N)nc(C)nc32)[C@H](O)[C@@H]1O.C=P(C)(C)CC[C@H]1O[C@@H](n2cnc3c(N)nc(CC)nc32)[C@H](O)[C@@H]1O.C=P(C)(C)CC[C@H]1O[C@@H](n2cnc3c(N)nc(CCC)nc32)[C@H](O)[C@@H]1O.C=P(C)(C)CC[C@H]1O[C@@H](n2cnc3c(N)nc(CCCC)nc32)[C@H](O)[C@@H]1O. The first kappa shape index (κ1) is 99.2. The van der Waals surface area contributed by atoms with Gasteiger partial charge in [0.05, 0.1) is 62.2 Å². The summed E-state index contributed by atoms with van der Waals surface area (Å²) in [6.45, 7) is 24.8. The molecular formula is C81H132N25O15P5. The predicted molar refractivity (Wildman–Crippen MR) is 507 cm³/mol. The minimum Gasteiger partial charge on any atom is -0.388 e. The highest BCUT2D eigenvalue weighted by molar-refractivity contribution is 7.73. The molecule has 0 bridgehead atoms. The Labute approximate surface area is 734 Å². The number of aliphatic hydroxyl groups excluding tert-OH is 10. The van der Waals surface area contributed by atoms with Crippen molar-refractivity contribution in [2.24, 2.45) is 0 Å². The number of imidazole rings is 5. The smallest absolute Gasteiger partial charge is 0.167 e. The number of fused-ring (bicyclic) bond motifs is 5. The number of rotatable bonds is 26. The summed E-state index contributed by atoms with van der Waals surface area (Å²) >= 11 is 0. The maximum absolute atomic E-state index is 10.6. The van der Waals surface area contributed by atoms with Gasteiger partial charge in [-0.05, 0) is 156 Å². The van der Waals surface area contributed by atoms with Crippen LogP contribution in [0, 0.1) is 13.8 Å². The van der Waals surface area contributed by atoms with E-state index in [2.05, 4.69) is 180 Å². The number of nitrogen functional groups attached to an aromatic ring is 5. The van der Waals surface area contributed by atoms with Crippen molar-refractivity contribution in [1.29, 1.82) is 0 Å². The van der Waals surface area contributed by atoms with Crippen molar-refractivity contribution in [3.63, 3.8) is 0 Å². The molecule has 10 aromatic rings. The Kier molecular flexibility index (Phi) is 31.9. The number of nitrogens with two attached hydrogens (primary N) is 5. The van der Waals surface area contributed by atoms with Crippen molar-refractivity contribution < 1.29 is 74.7 Å². The van der Waals surface area contributed by atoms with Gasteiger partial charge in [0.1, 0.15) is 118 Å². The molecule has 5 aliphatic heterocycles. The zero-order valence-corrected chi connectivity index (χ0v) is 79.3. The van der Waals surface area contributed by atoms with Crippen molar-refractivity contribution in [3.05, 3.63) is 60.8 Å². The lowest BCUT2D eigenvalue weighted by molar-refractivity contribution is -0.0353. The van der Waals surface area contributed by atoms with E-state index in [1.54, 1.807) is 43.0 Å². The van der Waals surface area contributed by atoms with Crippen molar-refractivity contribution in [2.75, 3.05) is 126 Å². The molecule has 0 radical (unpaired) electrons. The van der Waals surface area contributed by atoms with Crippen LogP contribution in [0.2, 0.25) is 0 Å². The highest BCUT2D eigenvalue weighted by atomic mass is 31.2. The van der Waals surface area contributed by atoms with Crippen molar-refractivity contribution >= 4 is 151 Å². The third-order valence-corrected chi connectivity index (χ3v) is 29.6. The number of aryl methyl sites for hydroxylation is 5. The van der Waals surface area contributed by atoms with Gasteiger partial charge >= 0.3 is 0 Å². The Bertz CT molecular complexity index is 5550. The second-order valence-electron chi connectivity index (χ2n) is 36.7. The van der Waals surface area contributed by atoms with E-state index in [1.165, 1.54) is 25.3 Å². The molecule has 20 N–H and O–H groups in total. The molecule has 0 aliphatic carbocycles. The van der Waals surface area contributed by atoms with Gasteiger partial charge in [0.2, 0.25) is 0 Å². The minimum atomic E-state index is -1.24. The quantitative estimate of drug-likeness (QED) is 0.0339. The van der Waals surface area contributed by atoms with E-state index >= 15 is 0 Å². The van der Waals surface area contributed by atoms with Crippen LogP contribution >= 0.6 is 34.4 Å². The number of nitrogens with zero attached hydrogens (tertiary/aromatic N) is 20. The fraction of sp³-hybridized carbons (Fsp3) is 0.630. The summed E-state index contributed by atoms with van der Waals surface area (Å²) in [5, 5.41) is 104. The van der Waals surface area contributed by atoms with Gasteiger partial charge in [-0.25, -0.2) is 74.8 Å². The zero-order chi connectivity index (χ0) is 92.5. The molecule has 0 saturated carbocycles. The third kappa shape index (κ3) is 23.7. The summed E-state index contributed by atoms with van der Waals surface area (Å²) in [6.07, 6.45) is 25.1. The molecule has 10 aromatic heterocycles. The Morgan fingerprint density at radius 1 is 0.302 bits per heavy atom. The monoisotopic (exact) mass is 1850 g/mol. The van der Waals surface area contributed by atoms with Crippen LogP contribution in [0.3, 0.4) is 0 Å². The van der Waals surface area contributed by atoms with Gasteiger partial charge in [-0.3, -0.25) is 22.8 Å². The maximum Gasteiger partial charge on any atom is 0.167 e. The van der Waals surface area contributed by atoms with Crippen LogP contribution in [-0.2, 0) is 42.9 Å². The number of aromatic nitrogens is 20. The molecule has 0 unspecified atom stereocenters. The summed E-state index contributed by atoms with van der Waals surface area (Å²) < 4.78 is 37.9. The van der Waals surface area contributed by atoms with Crippen LogP contribution in [0.15, 0.2) is 31.6 Å². The molecule has 0 amide bonds. The van der Waals surface area contributed by atoms with E-state index in [1.807, 2.05) is 13.8 Å². The standard InChI is InChI=1S/C18H30N5O3P.C17H28N5O3P.C16H26N5O3P.2C15H24N5O3P/c1-5-6-7-12-21-16(19)13-17(22-12)23(10-20-13)18-15(25)14(24)11(26-18)8-9-27(2,3)4;1-5-6-11-20-15(18)12-16(21-11)22(9-19-12)17-14(24)13(23)10(25-17)7-8-26(2,3)4;1-5-10-19-14(17)11-15(20-10)21(8-18-11)16-13(23)12(22)9(24-16)6-7-25(2,3)4;2*1-8-18-13(16)10-14(19-8)20(7-17-10)15-12(22)11(21)9(23-15)5-6-24(2,3)4/h10-11,14-15,18,24-25H,2,5-9H2,1,3-4H3,(H2,19,21,22);9-10,13-14,17,23-24H,2,5-8H2,1,3-4H3,(H2,18,20,21);8-9,12-13,16,22-23H,2,5-7H2,1,3-4H3,(H2,17,19,20);2*7,9,11-12,15,21-22H,2,5-6H2,1,3-4H3,(H2,16,18,19)/t11-,14-,15-,18-;10-,13-,14-,17-;9-,12-,13-,16-;2*9-,11-,12-,15-/m11111/s1. The van der Waals surface area contributed by atoms with E-state index in [-0.39, 0.29) is 11.6 Å². The number of anilines is 5. The first-order valence-electron chi connectivity index (χ1n) is 42.3. The summed E-state index contributed by atoms with van der Waals surface area (Å²) in [5.74, 6) is 4.39. The molecule has 5 fully saturated rings. The van der Waals surface area contributed by atoms with Gasteiger partial charge in [-0.2, -0.15) is 0 Å². The largest absolute Gasteiger partial charge is 0.388 e. The molecule has 696 valence electrons. The maximum atomic E-state index is 10.6. The molecule has 45 heteroatoms. The van der Waals surface area contributed by atoms with Gasteiger partial charge in [0.15, 0.2) is 88.5 Å². The fourth-order valence-electron chi connectivity index (χ4n) is 15.3. The molecular weight excluding hydrogens is 1720 g/mol. The Morgan fingerprint density at radius 3 is 0.738 bits per heavy atom. The summed E-state index contributed by atoms with van der Waals surface area (Å²) in [4.78, 5) is 64.4. The number of hydrogen-bond donors (Lipinski definition) is 15. The molecule has 0 spiro atoms. The lowest BCUT2D eigenvalue weighted by atomic mass is 10.1. The highest BCUT2D eigenvalue weighted by Gasteiger charge is 2.49. The fourth-order valence-corrected chi connectivity index (χ4v) is 20.1. The lowest BCUT2D eigenvalue weighted by Gasteiger charge is -2.18. The number of ether oxygens (including phenoxy) is 5. The van der Waals surface area contributed by atoms with Crippen molar-refractivity contribution in [2.45, 2.75) is 228 Å². The normalized spacial score (nSPS) is 27.1. The number of unbranched alkanes of at least 4 members (excludes halogenated alkanes) is 1. The zero-order valence-electron chi connectivity index (χ0n) is 74.9. The van der Waals surface area contributed by atoms with Crippen LogP contribution < -0.4 is 28.7 Å². The van der Waals surface area contributed by atoms with Gasteiger partial charge in [-0.1, -0.05) is 27.2 Å². The topological polar surface area (TPSA) is 597 Å². The molecule has 5 aliphatic rings. The van der Waals surface area contributed by atoms with Crippen LogP contribution in [0.4, 0.5) is 29.1 Å². The first-order valence-corrected chi connectivity index (χ1v) is 57.6. The second-order valence-corrected chi connectivity index (χ2v) is 58.3. The average molecular weight is 1850 g/mol. The van der Waals surface area contributed by atoms with Gasteiger partial charge in [0.25, 0.3) is 0 Å². The van der Waals surface area contributed by atoms with Crippen LogP contribution in [0.5, 0.6) is 0 Å². The van der Waals surface area contributed by atoms with Gasteiger partial charge < -0.3 is 103 Å². The molecule has 20 atom stereocenters. The first-order chi connectivity index (χ1) is 59.0. The Morgan fingerprint density at radius 2 is 0.516 bits per heavy atom. The lowest BCUT2D eigenvalue weighted by Crippen LogP contribution is -2.31. The van der Waals surface area contributed by atoms with E-state index in [4.69, 9.17) is 52.4 Å². The molecule has 5 saturated heterocycles. The molecule has 15 rings (SSSR count). The highest BCUT2D eigenvalue weighted by Crippen LogP contribution is 2.46. The second kappa shape index (κ2) is 40.6. The third-order valence-electron chi connectivity index (χ3n) is 22.3. The predicted octanol–water partition coefficient (Wildman–Crippen LogP) is 4.11. The average Bonchev–Trinajstić information content (AvgIpc) is 1.64. The van der Waals surface area contributed by atoms with E-state index < -0.39 is 157 Å². The molecule has 15 heterocycles. The minimum absolute atomic E-state index is 0.282. The van der Waals surface area contributed by atoms with Crippen molar-refractivity contribution in [3.8, 4) is 0 Å². The Hall–Kier alpha value is -7.35.